The average Bonchev–Trinajstić information content (AvgIpc) is 1.83. The Morgan fingerprint density at radius 1 is 1.08 bits per heavy atom. The van der Waals surface area contributed by atoms with Crippen molar-refractivity contribution >= 4 is 0 Å². The van der Waals surface area contributed by atoms with Crippen molar-refractivity contribution in [3.63, 3.8) is 0 Å². The van der Waals surface area contributed by atoms with E-state index in [0.29, 0.717) is 0 Å². The monoisotopic (exact) mass is 206 g/mol. The predicted molar refractivity (Wildman–Crippen MR) is 41.8 cm³/mol. The van der Waals surface area contributed by atoms with Gasteiger partial charge in [0, 0.05) is 0 Å². The number of alkyl halides is 5. The Bertz CT molecular complexity index is 106. The molecule has 0 aliphatic carbocycles. The molecule has 82 valence electrons. The molecule has 0 nitrogen and oxygen atoms in total. The van der Waals surface area contributed by atoms with E-state index in [0.717, 1.165) is 5.92 Å². The van der Waals surface area contributed by atoms with E-state index >= 15 is 0 Å². The van der Waals surface area contributed by atoms with Gasteiger partial charge in [0.2, 0.25) is 6.43 Å². The molecule has 0 amide bonds. The normalized spacial score (nSPS) is 11.5. The molecule has 0 saturated carbocycles. The second kappa shape index (κ2) is 7.09. The molecule has 0 bridgehead atoms. The van der Waals surface area contributed by atoms with Crippen molar-refractivity contribution in [3.05, 3.63) is 0 Å². The molecule has 13 heavy (non-hydrogen) atoms. The lowest BCUT2D eigenvalue weighted by molar-refractivity contribution is -0.158. The molecule has 0 radical (unpaired) electrons. The van der Waals surface area contributed by atoms with Gasteiger partial charge in [-0.3, -0.25) is 0 Å². The van der Waals surface area contributed by atoms with Crippen LogP contribution >= 0.6 is 0 Å². The highest BCUT2D eigenvalue weighted by Crippen LogP contribution is 2.22. The first kappa shape index (κ1) is 15.1. The molecule has 5 heteroatoms. The van der Waals surface area contributed by atoms with E-state index in [1.165, 1.54) is 6.42 Å². The Morgan fingerprint density at radius 3 is 1.38 bits per heavy atom. The summed E-state index contributed by atoms with van der Waals surface area (Å²) in [6, 6.07) is 0. The molecule has 0 rings (SSSR count). The minimum Gasteiger partial charge on any atom is -0.210 e. The number of hydrogen-bond donors (Lipinski definition) is 0. The van der Waals surface area contributed by atoms with Gasteiger partial charge < -0.3 is 0 Å². The fraction of sp³-hybridized carbons (Fsp3) is 1.00. The summed E-state index contributed by atoms with van der Waals surface area (Å²) in [5, 5.41) is 0. The minimum atomic E-state index is -4.73. The van der Waals surface area contributed by atoms with Gasteiger partial charge in [-0.1, -0.05) is 27.2 Å². The lowest BCUT2D eigenvalue weighted by Crippen LogP contribution is -2.12. The number of halogens is 5. The number of hydrogen-bond acceptors (Lipinski definition) is 0. The minimum absolute atomic E-state index is 0.884. The SMILES string of the molecule is CCC(C)C.FC(F)CC(F)(F)F. The molecule has 0 spiro atoms. The molecule has 0 aromatic carbocycles. The van der Waals surface area contributed by atoms with Crippen molar-refractivity contribution in [2.45, 2.75) is 46.2 Å². The summed E-state index contributed by atoms with van der Waals surface area (Å²) in [5.74, 6) is 0.884. The van der Waals surface area contributed by atoms with Gasteiger partial charge in [-0.05, 0) is 5.92 Å². The summed E-state index contributed by atoms with van der Waals surface area (Å²) in [5.41, 5.74) is 0. The maximum absolute atomic E-state index is 10.8. The Labute approximate surface area is 75.1 Å². The Kier molecular flexibility index (Phi) is 8.26. The summed E-state index contributed by atoms with van der Waals surface area (Å²) >= 11 is 0. The second-order valence-electron chi connectivity index (χ2n) is 3.01. The van der Waals surface area contributed by atoms with E-state index in [1.54, 1.807) is 0 Å². The van der Waals surface area contributed by atoms with Crippen molar-refractivity contribution < 1.29 is 22.0 Å². The van der Waals surface area contributed by atoms with Crippen LogP contribution in [0.25, 0.3) is 0 Å². The first-order chi connectivity index (χ1) is 5.69. The fourth-order valence-electron chi connectivity index (χ4n) is 0.175. The average molecular weight is 206 g/mol. The predicted octanol–water partition coefficient (Wildman–Crippen LogP) is 4.26. The van der Waals surface area contributed by atoms with Gasteiger partial charge in [0.25, 0.3) is 0 Å². The van der Waals surface area contributed by atoms with Crippen LogP contribution in [0.3, 0.4) is 0 Å². The van der Waals surface area contributed by atoms with Gasteiger partial charge in [-0.2, -0.15) is 13.2 Å². The fourth-order valence-corrected chi connectivity index (χ4v) is 0.175. The van der Waals surface area contributed by atoms with Crippen LogP contribution in [0.4, 0.5) is 22.0 Å². The van der Waals surface area contributed by atoms with Gasteiger partial charge >= 0.3 is 6.18 Å². The molecular weight excluding hydrogens is 191 g/mol. The summed E-state index contributed by atoms with van der Waals surface area (Å²) in [6.07, 6.45) is -8.71. The van der Waals surface area contributed by atoms with Crippen molar-refractivity contribution in [2.24, 2.45) is 5.92 Å². The third-order valence-corrected chi connectivity index (χ3v) is 1.20. The zero-order valence-corrected chi connectivity index (χ0v) is 7.96. The van der Waals surface area contributed by atoms with Crippen molar-refractivity contribution in [2.75, 3.05) is 0 Å². The van der Waals surface area contributed by atoms with Crippen molar-refractivity contribution in [1.82, 2.24) is 0 Å². The first-order valence-electron chi connectivity index (χ1n) is 4.04. The van der Waals surface area contributed by atoms with E-state index in [-0.39, 0.29) is 0 Å². The van der Waals surface area contributed by atoms with Crippen LogP contribution in [0.2, 0.25) is 0 Å². The first-order valence-corrected chi connectivity index (χ1v) is 4.04. The largest absolute Gasteiger partial charge is 0.394 e. The molecular formula is C8H15F5. The van der Waals surface area contributed by atoms with E-state index in [1.807, 2.05) is 0 Å². The molecule has 0 heterocycles. The van der Waals surface area contributed by atoms with Gasteiger partial charge in [-0.25, -0.2) is 8.78 Å². The standard InChI is InChI=1S/C5H12.C3H3F5/c1-4-5(2)3;4-2(5)1-3(6,7)8/h5H,4H2,1-3H3;2H,1H2. The summed E-state index contributed by atoms with van der Waals surface area (Å²) in [7, 11) is 0. The van der Waals surface area contributed by atoms with Crippen molar-refractivity contribution in [3.8, 4) is 0 Å². The third-order valence-electron chi connectivity index (χ3n) is 1.20. The quantitative estimate of drug-likeness (QED) is 0.592. The lowest BCUT2D eigenvalue weighted by atomic mass is 10.2. The van der Waals surface area contributed by atoms with Crippen LogP contribution in [-0.2, 0) is 0 Å². The molecule has 0 unspecified atom stereocenters. The third kappa shape index (κ3) is 24.5. The highest BCUT2D eigenvalue weighted by molar-refractivity contribution is 4.50. The van der Waals surface area contributed by atoms with Crippen LogP contribution in [0, 0.1) is 5.92 Å². The number of rotatable bonds is 2. The zero-order valence-electron chi connectivity index (χ0n) is 7.96. The molecule has 0 aromatic heterocycles. The molecule has 0 aromatic rings. The van der Waals surface area contributed by atoms with E-state index in [9.17, 15) is 22.0 Å². The molecule has 0 aliphatic heterocycles. The highest BCUT2D eigenvalue weighted by Gasteiger charge is 2.31. The summed E-state index contributed by atoms with van der Waals surface area (Å²) in [4.78, 5) is 0. The van der Waals surface area contributed by atoms with Gasteiger partial charge in [0.1, 0.15) is 6.42 Å². The van der Waals surface area contributed by atoms with Crippen LogP contribution < -0.4 is 0 Å². The summed E-state index contributed by atoms with van der Waals surface area (Å²) < 4.78 is 54.1. The van der Waals surface area contributed by atoms with Gasteiger partial charge in [0.15, 0.2) is 0 Å². The highest BCUT2D eigenvalue weighted by atomic mass is 19.4. The second-order valence-corrected chi connectivity index (χ2v) is 3.01. The van der Waals surface area contributed by atoms with Gasteiger partial charge in [-0.15, -0.1) is 0 Å². The molecule has 0 atom stereocenters. The molecule has 0 saturated heterocycles. The molecule has 0 fully saturated rings. The maximum Gasteiger partial charge on any atom is 0.394 e. The Balaban J connectivity index is 0. The topological polar surface area (TPSA) is 0 Å². The Morgan fingerprint density at radius 2 is 1.38 bits per heavy atom. The lowest BCUT2D eigenvalue weighted by Gasteiger charge is -2.02. The van der Waals surface area contributed by atoms with Crippen LogP contribution in [0.5, 0.6) is 0 Å². The Hall–Kier alpha value is -0.350. The molecule has 0 aliphatic rings. The molecule has 0 N–H and O–H groups in total. The van der Waals surface area contributed by atoms with E-state index < -0.39 is 19.0 Å². The smallest absolute Gasteiger partial charge is 0.210 e. The summed E-state index contributed by atoms with van der Waals surface area (Å²) in [6.45, 7) is 6.64. The maximum atomic E-state index is 10.8. The van der Waals surface area contributed by atoms with Crippen LogP contribution in [-0.4, -0.2) is 12.6 Å². The van der Waals surface area contributed by atoms with Crippen LogP contribution in [0.1, 0.15) is 33.6 Å². The van der Waals surface area contributed by atoms with Crippen molar-refractivity contribution in [1.29, 1.82) is 0 Å². The van der Waals surface area contributed by atoms with E-state index in [2.05, 4.69) is 20.8 Å². The van der Waals surface area contributed by atoms with E-state index in [4.69, 9.17) is 0 Å². The van der Waals surface area contributed by atoms with Gasteiger partial charge in [0.05, 0.1) is 0 Å². The van der Waals surface area contributed by atoms with Crippen LogP contribution in [0.15, 0.2) is 0 Å². The zero-order chi connectivity index (χ0) is 11.1.